The second-order valence-corrected chi connectivity index (χ2v) is 2.45. The second-order valence-electron chi connectivity index (χ2n) is 2.45. The van der Waals surface area contributed by atoms with Crippen LogP contribution in [0.25, 0.3) is 0 Å². The molecule has 0 saturated carbocycles. The number of nitrogens with one attached hydrogen (secondary N) is 2. The van der Waals surface area contributed by atoms with Gasteiger partial charge in [-0.3, -0.25) is 9.78 Å². The molecule has 1 aromatic heterocycles. The molecule has 0 aliphatic heterocycles. The van der Waals surface area contributed by atoms with Gasteiger partial charge in [0.25, 0.3) is 5.56 Å². The van der Waals surface area contributed by atoms with Crippen LogP contribution in [0.5, 0.6) is 0 Å². The summed E-state index contributed by atoms with van der Waals surface area (Å²) in [6.07, 6.45) is 5.11. The molecular formula is C8H8N2O3. The average molecular weight is 180 g/mol. The van der Waals surface area contributed by atoms with Crippen LogP contribution >= 0.6 is 0 Å². The maximum Gasteiger partial charge on any atom is 0.325 e. The first-order chi connectivity index (χ1) is 6.15. The van der Waals surface area contributed by atoms with Gasteiger partial charge in [-0.15, -0.1) is 12.3 Å². The molecule has 0 amide bonds. The average Bonchev–Trinajstić information content (AvgIpc) is 2.04. The van der Waals surface area contributed by atoms with E-state index in [0.717, 1.165) is 6.20 Å². The quantitative estimate of drug-likeness (QED) is 0.516. The number of rotatable bonds is 2. The summed E-state index contributed by atoms with van der Waals surface area (Å²) in [5, 5.41) is 9.31. The van der Waals surface area contributed by atoms with Gasteiger partial charge in [-0.2, -0.15) is 0 Å². The molecule has 0 aromatic carbocycles. The summed E-state index contributed by atoms with van der Waals surface area (Å²) in [5.74, 6) is 2.21. The highest BCUT2D eigenvalue weighted by Gasteiger charge is 2.10. The standard InChI is InChI=1S/C8H8N2O3/c1-2-3-6(11)5-4-9-8(13)10-7(5)12/h1,4,6,11H,3H2,(H2,9,10,12,13). The summed E-state index contributed by atoms with van der Waals surface area (Å²) >= 11 is 0. The molecule has 13 heavy (non-hydrogen) atoms. The van der Waals surface area contributed by atoms with Gasteiger partial charge in [0, 0.05) is 12.6 Å². The minimum Gasteiger partial charge on any atom is -0.387 e. The van der Waals surface area contributed by atoms with Crippen molar-refractivity contribution in [1.82, 2.24) is 9.97 Å². The number of hydrogen-bond acceptors (Lipinski definition) is 3. The van der Waals surface area contributed by atoms with Gasteiger partial charge in [0.15, 0.2) is 0 Å². The van der Waals surface area contributed by atoms with E-state index >= 15 is 0 Å². The molecule has 0 spiro atoms. The van der Waals surface area contributed by atoms with Crippen molar-refractivity contribution in [2.24, 2.45) is 0 Å². The highest BCUT2D eigenvalue weighted by molar-refractivity contribution is 5.09. The fourth-order valence-electron chi connectivity index (χ4n) is 0.889. The van der Waals surface area contributed by atoms with E-state index in [2.05, 4.69) is 10.9 Å². The van der Waals surface area contributed by atoms with E-state index in [-0.39, 0.29) is 12.0 Å². The molecule has 0 saturated heterocycles. The molecule has 1 unspecified atom stereocenters. The Balaban J connectivity index is 3.10. The highest BCUT2D eigenvalue weighted by Crippen LogP contribution is 2.08. The molecule has 5 heteroatoms. The van der Waals surface area contributed by atoms with Gasteiger partial charge in [0.1, 0.15) is 0 Å². The molecule has 0 bridgehead atoms. The largest absolute Gasteiger partial charge is 0.387 e. The third-order valence-electron chi connectivity index (χ3n) is 1.52. The van der Waals surface area contributed by atoms with Crippen molar-refractivity contribution >= 4 is 0 Å². The molecule has 0 fully saturated rings. The van der Waals surface area contributed by atoms with Gasteiger partial charge < -0.3 is 10.1 Å². The summed E-state index contributed by atoms with van der Waals surface area (Å²) in [5.41, 5.74) is -1.16. The summed E-state index contributed by atoms with van der Waals surface area (Å²) in [6, 6.07) is 0. The minimum atomic E-state index is -1.04. The molecule has 68 valence electrons. The Kier molecular flexibility index (Phi) is 2.67. The number of aliphatic hydroxyl groups is 1. The normalized spacial score (nSPS) is 12.0. The van der Waals surface area contributed by atoms with Crippen molar-refractivity contribution in [3.05, 3.63) is 32.6 Å². The van der Waals surface area contributed by atoms with Crippen LogP contribution in [-0.4, -0.2) is 15.1 Å². The van der Waals surface area contributed by atoms with E-state index in [0.29, 0.717) is 0 Å². The Labute approximate surface area is 73.4 Å². The van der Waals surface area contributed by atoms with Crippen molar-refractivity contribution in [1.29, 1.82) is 0 Å². The number of aliphatic hydroxyl groups excluding tert-OH is 1. The predicted octanol–water partition coefficient (Wildman–Crippen LogP) is -0.880. The zero-order valence-electron chi connectivity index (χ0n) is 6.70. The fraction of sp³-hybridized carbons (Fsp3) is 0.250. The summed E-state index contributed by atoms with van der Waals surface area (Å²) in [4.78, 5) is 25.9. The molecule has 1 heterocycles. The van der Waals surface area contributed by atoms with E-state index in [9.17, 15) is 14.7 Å². The number of terminal acetylenes is 1. The van der Waals surface area contributed by atoms with Crippen molar-refractivity contribution in [2.75, 3.05) is 0 Å². The van der Waals surface area contributed by atoms with E-state index in [1.165, 1.54) is 0 Å². The lowest BCUT2D eigenvalue weighted by Gasteiger charge is -2.03. The Hall–Kier alpha value is -1.80. The smallest absolute Gasteiger partial charge is 0.325 e. The third-order valence-corrected chi connectivity index (χ3v) is 1.52. The third kappa shape index (κ3) is 2.07. The second kappa shape index (κ2) is 3.74. The summed E-state index contributed by atoms with van der Waals surface area (Å²) < 4.78 is 0. The lowest BCUT2D eigenvalue weighted by molar-refractivity contribution is 0.182. The van der Waals surface area contributed by atoms with Crippen LogP contribution in [-0.2, 0) is 0 Å². The van der Waals surface area contributed by atoms with Crippen LogP contribution in [0.1, 0.15) is 18.1 Å². The summed E-state index contributed by atoms with van der Waals surface area (Å²) in [7, 11) is 0. The van der Waals surface area contributed by atoms with Crippen molar-refractivity contribution in [3.63, 3.8) is 0 Å². The van der Waals surface area contributed by atoms with E-state index in [1.807, 2.05) is 4.98 Å². The molecular weight excluding hydrogens is 172 g/mol. The molecule has 3 N–H and O–H groups in total. The SMILES string of the molecule is C#CCC(O)c1c[nH]c(=O)[nH]c1=O. The Morgan fingerprint density at radius 2 is 2.31 bits per heavy atom. The lowest BCUT2D eigenvalue weighted by atomic mass is 10.1. The first-order valence-corrected chi connectivity index (χ1v) is 3.58. The molecule has 0 radical (unpaired) electrons. The number of hydrogen-bond donors (Lipinski definition) is 3. The van der Waals surface area contributed by atoms with Crippen LogP contribution in [0.3, 0.4) is 0 Å². The van der Waals surface area contributed by atoms with E-state index < -0.39 is 17.4 Å². The van der Waals surface area contributed by atoms with Crippen LogP contribution < -0.4 is 11.2 Å². The van der Waals surface area contributed by atoms with Crippen LogP contribution in [0.15, 0.2) is 15.8 Å². The van der Waals surface area contributed by atoms with Gasteiger partial charge in [0.2, 0.25) is 0 Å². The molecule has 0 aliphatic rings. The number of aromatic amines is 2. The maximum absolute atomic E-state index is 11.1. The maximum atomic E-state index is 11.1. The zero-order valence-corrected chi connectivity index (χ0v) is 6.70. The van der Waals surface area contributed by atoms with E-state index in [4.69, 9.17) is 6.42 Å². The van der Waals surface area contributed by atoms with Crippen LogP contribution in [0.4, 0.5) is 0 Å². The Morgan fingerprint density at radius 3 is 2.85 bits per heavy atom. The van der Waals surface area contributed by atoms with Gasteiger partial charge in [0.05, 0.1) is 11.7 Å². The lowest BCUT2D eigenvalue weighted by Crippen LogP contribution is -2.26. The molecule has 0 aliphatic carbocycles. The van der Waals surface area contributed by atoms with Crippen LogP contribution in [0, 0.1) is 12.3 Å². The summed E-state index contributed by atoms with van der Waals surface area (Å²) in [6.45, 7) is 0. The first-order valence-electron chi connectivity index (χ1n) is 3.58. The monoisotopic (exact) mass is 180 g/mol. The van der Waals surface area contributed by atoms with Gasteiger partial charge in [-0.25, -0.2) is 4.79 Å². The minimum absolute atomic E-state index is 0.0368. The number of H-pyrrole nitrogens is 2. The topological polar surface area (TPSA) is 85.9 Å². The number of aromatic nitrogens is 2. The zero-order chi connectivity index (χ0) is 9.84. The predicted molar refractivity (Wildman–Crippen MR) is 46.1 cm³/mol. The molecule has 1 aromatic rings. The van der Waals surface area contributed by atoms with Crippen molar-refractivity contribution in [2.45, 2.75) is 12.5 Å². The molecule has 1 rings (SSSR count). The Bertz CT molecular complexity index is 438. The van der Waals surface area contributed by atoms with Crippen LogP contribution in [0.2, 0.25) is 0 Å². The molecule has 5 nitrogen and oxygen atoms in total. The first kappa shape index (κ1) is 9.29. The molecule has 1 atom stereocenters. The van der Waals surface area contributed by atoms with Crippen molar-refractivity contribution in [3.8, 4) is 12.3 Å². The highest BCUT2D eigenvalue weighted by atomic mass is 16.3. The van der Waals surface area contributed by atoms with Gasteiger partial charge in [-0.1, -0.05) is 0 Å². The van der Waals surface area contributed by atoms with Gasteiger partial charge in [-0.05, 0) is 0 Å². The van der Waals surface area contributed by atoms with E-state index in [1.54, 1.807) is 0 Å². The van der Waals surface area contributed by atoms with Crippen molar-refractivity contribution < 1.29 is 5.11 Å². The Morgan fingerprint density at radius 1 is 1.62 bits per heavy atom. The van der Waals surface area contributed by atoms with Gasteiger partial charge >= 0.3 is 5.69 Å². The fourth-order valence-corrected chi connectivity index (χ4v) is 0.889.